The molecule has 168 valence electrons. The van der Waals surface area contributed by atoms with Gasteiger partial charge in [-0.15, -0.1) is 0 Å². The minimum absolute atomic E-state index is 0.180. The number of aryl methyl sites for hydroxylation is 1. The Kier molecular flexibility index (Phi) is 6.63. The Morgan fingerprint density at radius 3 is 2.69 bits per heavy atom. The number of aliphatic imine (C=N–C) groups is 1. The van der Waals surface area contributed by atoms with Gasteiger partial charge in [-0.3, -0.25) is 0 Å². The lowest BCUT2D eigenvalue weighted by Crippen LogP contribution is -2.53. The van der Waals surface area contributed by atoms with Crippen LogP contribution in [-0.2, 0) is 22.5 Å². The van der Waals surface area contributed by atoms with Crippen molar-refractivity contribution in [2.75, 3.05) is 20.4 Å². The predicted molar refractivity (Wildman–Crippen MR) is 122 cm³/mol. The Balaban J connectivity index is 1.58. The van der Waals surface area contributed by atoms with Crippen LogP contribution in [-0.4, -0.2) is 43.3 Å². The zero-order chi connectivity index (χ0) is 22.5. The number of allylic oxidation sites excluding steroid dienone is 1. The molecule has 2 aliphatic heterocycles. The molecule has 1 atom stereocenters. The van der Waals surface area contributed by atoms with Crippen LogP contribution in [0.5, 0.6) is 11.5 Å². The quantitative estimate of drug-likeness (QED) is 0.670. The molecule has 32 heavy (non-hydrogen) atoms. The van der Waals surface area contributed by atoms with Crippen molar-refractivity contribution in [1.29, 1.82) is 0 Å². The summed E-state index contributed by atoms with van der Waals surface area (Å²) < 4.78 is 16.0. The molecule has 0 bridgehead atoms. The van der Waals surface area contributed by atoms with Crippen molar-refractivity contribution in [1.82, 2.24) is 10.2 Å². The molecular formula is C25H29N3O4. The maximum Gasteiger partial charge on any atom is 0.337 e. The van der Waals surface area contributed by atoms with Gasteiger partial charge in [0.15, 0.2) is 17.5 Å². The van der Waals surface area contributed by atoms with Gasteiger partial charge < -0.3 is 24.4 Å². The third-order valence-electron chi connectivity index (χ3n) is 5.84. The summed E-state index contributed by atoms with van der Waals surface area (Å²) in [6, 6.07) is 16.0. The lowest BCUT2D eigenvalue weighted by atomic mass is 9.95. The number of carbonyl (C=O) groups is 1. The Labute approximate surface area is 188 Å². The number of rotatable bonds is 7. The molecule has 0 radical (unpaired) electrons. The van der Waals surface area contributed by atoms with Crippen LogP contribution in [0, 0.1) is 0 Å². The van der Waals surface area contributed by atoms with E-state index in [1.165, 1.54) is 12.7 Å². The first-order valence-corrected chi connectivity index (χ1v) is 10.9. The van der Waals surface area contributed by atoms with E-state index in [0.717, 1.165) is 41.6 Å². The molecule has 2 aromatic carbocycles. The van der Waals surface area contributed by atoms with Crippen molar-refractivity contribution < 1.29 is 19.0 Å². The van der Waals surface area contributed by atoms with Gasteiger partial charge >= 0.3 is 5.97 Å². The van der Waals surface area contributed by atoms with E-state index in [2.05, 4.69) is 17.4 Å². The molecule has 0 amide bonds. The second-order valence-electron chi connectivity index (χ2n) is 7.78. The number of ether oxygens (including phenoxy) is 3. The zero-order valence-electron chi connectivity index (χ0n) is 18.8. The second-order valence-corrected chi connectivity index (χ2v) is 7.78. The molecule has 7 heteroatoms. The predicted octanol–water partition coefficient (Wildman–Crippen LogP) is 3.64. The monoisotopic (exact) mass is 435 g/mol. The molecule has 1 N–H and O–H groups in total. The molecule has 2 heterocycles. The molecule has 0 saturated carbocycles. The normalized spacial score (nSPS) is 18.7. The van der Waals surface area contributed by atoms with Gasteiger partial charge in [0.1, 0.15) is 0 Å². The number of guanidine groups is 1. The van der Waals surface area contributed by atoms with E-state index in [4.69, 9.17) is 19.2 Å². The molecule has 0 saturated heterocycles. The number of carbonyl (C=O) groups excluding carboxylic acids is 1. The molecule has 2 aromatic rings. The number of hydrogen-bond donors (Lipinski definition) is 1. The van der Waals surface area contributed by atoms with Crippen molar-refractivity contribution >= 4 is 11.9 Å². The molecule has 1 unspecified atom stereocenters. The number of benzene rings is 2. The van der Waals surface area contributed by atoms with E-state index in [0.29, 0.717) is 18.7 Å². The van der Waals surface area contributed by atoms with Crippen molar-refractivity contribution in [2.45, 2.75) is 39.3 Å². The topological polar surface area (TPSA) is 72.4 Å². The lowest BCUT2D eigenvalue weighted by Gasteiger charge is -2.37. The minimum Gasteiger partial charge on any atom is -0.466 e. The van der Waals surface area contributed by atoms with Crippen LogP contribution >= 0.6 is 0 Å². The largest absolute Gasteiger partial charge is 0.466 e. The first-order valence-electron chi connectivity index (χ1n) is 10.9. The third-order valence-corrected chi connectivity index (χ3v) is 5.84. The highest BCUT2D eigenvalue weighted by Crippen LogP contribution is 2.33. The van der Waals surface area contributed by atoms with Gasteiger partial charge in [0.2, 0.25) is 6.79 Å². The summed E-state index contributed by atoms with van der Waals surface area (Å²) in [4.78, 5) is 19.5. The lowest BCUT2D eigenvalue weighted by molar-refractivity contribution is -0.136. The number of hydrogen-bond acceptors (Lipinski definition) is 5. The van der Waals surface area contributed by atoms with Crippen molar-refractivity contribution in [3.8, 4) is 11.5 Å². The summed E-state index contributed by atoms with van der Waals surface area (Å²) in [6.07, 6.45) is 1.60. The summed E-state index contributed by atoms with van der Waals surface area (Å²) in [5.41, 5.74) is 3.79. The standard InChI is InChI=1S/C25H29N3O4/c1-4-28-17(2)23(24(29)30-3)20(12-10-18-8-6-5-7-9-18)27-25(28)26-15-19-11-13-21-22(14-19)32-16-31-21/h5-9,11,13-14,20H,4,10,12,15-16H2,1-3H3,(H,26,27). The van der Waals surface area contributed by atoms with Crippen LogP contribution in [0.3, 0.4) is 0 Å². The Morgan fingerprint density at radius 2 is 1.94 bits per heavy atom. The van der Waals surface area contributed by atoms with Gasteiger partial charge in [-0.2, -0.15) is 0 Å². The zero-order valence-corrected chi connectivity index (χ0v) is 18.8. The van der Waals surface area contributed by atoms with E-state index in [1.54, 1.807) is 0 Å². The first kappa shape index (κ1) is 21.7. The summed E-state index contributed by atoms with van der Waals surface area (Å²) in [7, 11) is 1.43. The average Bonchev–Trinajstić information content (AvgIpc) is 3.29. The number of nitrogens with one attached hydrogen (secondary N) is 1. The highest BCUT2D eigenvalue weighted by atomic mass is 16.7. The average molecular weight is 436 g/mol. The fourth-order valence-corrected chi connectivity index (χ4v) is 4.16. The SMILES string of the molecule is CCN1C(=NCc2ccc3c(c2)OCO3)NC(CCc2ccccc2)C(C(=O)OC)=C1C. The summed E-state index contributed by atoms with van der Waals surface area (Å²) in [6.45, 7) is 5.43. The van der Waals surface area contributed by atoms with E-state index in [-0.39, 0.29) is 18.8 Å². The van der Waals surface area contributed by atoms with Crippen LogP contribution in [0.25, 0.3) is 0 Å². The Bertz CT molecular complexity index is 1030. The maximum absolute atomic E-state index is 12.6. The van der Waals surface area contributed by atoms with Crippen LogP contribution in [0.2, 0.25) is 0 Å². The van der Waals surface area contributed by atoms with Gasteiger partial charge in [-0.05, 0) is 49.9 Å². The van der Waals surface area contributed by atoms with Crippen molar-refractivity contribution in [2.24, 2.45) is 4.99 Å². The van der Waals surface area contributed by atoms with Gasteiger partial charge in [0, 0.05) is 12.2 Å². The molecule has 0 aromatic heterocycles. The summed E-state index contributed by atoms with van der Waals surface area (Å²) in [5.74, 6) is 1.96. The fourth-order valence-electron chi connectivity index (χ4n) is 4.16. The van der Waals surface area contributed by atoms with Crippen LogP contribution in [0.1, 0.15) is 31.4 Å². The molecule has 0 fully saturated rings. The Hall–Kier alpha value is -3.48. The Morgan fingerprint density at radius 1 is 1.16 bits per heavy atom. The van der Waals surface area contributed by atoms with E-state index in [1.807, 2.05) is 55.1 Å². The molecule has 4 rings (SSSR count). The van der Waals surface area contributed by atoms with Gasteiger partial charge in [-0.1, -0.05) is 36.4 Å². The van der Waals surface area contributed by atoms with Crippen LogP contribution in [0.15, 0.2) is 64.8 Å². The fraction of sp³-hybridized carbons (Fsp3) is 0.360. The van der Waals surface area contributed by atoms with Crippen LogP contribution in [0.4, 0.5) is 0 Å². The third kappa shape index (κ3) is 4.56. The molecule has 0 aliphatic carbocycles. The van der Waals surface area contributed by atoms with Gasteiger partial charge in [0.25, 0.3) is 0 Å². The van der Waals surface area contributed by atoms with Gasteiger partial charge in [-0.25, -0.2) is 9.79 Å². The van der Waals surface area contributed by atoms with Gasteiger partial charge in [0.05, 0.1) is 25.3 Å². The van der Waals surface area contributed by atoms with Crippen molar-refractivity contribution in [3.63, 3.8) is 0 Å². The van der Waals surface area contributed by atoms with Crippen LogP contribution < -0.4 is 14.8 Å². The van der Waals surface area contributed by atoms with Crippen molar-refractivity contribution in [3.05, 3.63) is 70.9 Å². The minimum atomic E-state index is -0.304. The number of fused-ring (bicyclic) bond motifs is 1. The highest BCUT2D eigenvalue weighted by Gasteiger charge is 2.33. The first-order chi connectivity index (χ1) is 15.6. The highest BCUT2D eigenvalue weighted by molar-refractivity contribution is 5.95. The summed E-state index contributed by atoms with van der Waals surface area (Å²) >= 11 is 0. The molecular weight excluding hydrogens is 406 g/mol. The number of methoxy groups -OCH3 is 1. The number of esters is 1. The van der Waals surface area contributed by atoms with E-state index in [9.17, 15) is 4.79 Å². The number of nitrogens with zero attached hydrogens (tertiary/aromatic N) is 2. The molecule has 7 nitrogen and oxygen atoms in total. The second kappa shape index (κ2) is 9.77. The van der Waals surface area contributed by atoms with E-state index >= 15 is 0 Å². The maximum atomic E-state index is 12.6. The smallest absolute Gasteiger partial charge is 0.337 e. The molecule has 0 spiro atoms. The molecule has 2 aliphatic rings. The van der Waals surface area contributed by atoms with E-state index < -0.39 is 0 Å². The summed E-state index contributed by atoms with van der Waals surface area (Å²) in [5, 5.41) is 3.50.